The third-order valence-electron chi connectivity index (χ3n) is 6.52. The van der Waals surface area contributed by atoms with Crippen molar-refractivity contribution in [1.29, 1.82) is 0 Å². The predicted molar refractivity (Wildman–Crippen MR) is 163 cm³/mol. The SMILES string of the molecule is CCOC(=O)C(Cl)Cc1cc(-n2ncc(C)c(C)c2=O)c(F)cc1Cl.Cc1cnn(-c2cc(N)c(Cl)cc2F)c(=O)c1C. The molecule has 0 aliphatic carbocycles. The molecule has 1 atom stereocenters. The number of aryl methyl sites for hydroxylation is 2. The van der Waals surface area contributed by atoms with E-state index in [9.17, 15) is 23.2 Å². The highest BCUT2D eigenvalue weighted by molar-refractivity contribution is 6.33. The fourth-order valence-electron chi connectivity index (χ4n) is 3.71. The van der Waals surface area contributed by atoms with Crippen LogP contribution in [0, 0.1) is 39.3 Å². The van der Waals surface area contributed by atoms with Crippen molar-refractivity contribution in [3.05, 3.63) is 107 Å². The Hall–Kier alpha value is -3.80. The highest BCUT2D eigenvalue weighted by Crippen LogP contribution is 2.26. The number of anilines is 1. The zero-order chi connectivity index (χ0) is 32.2. The molecule has 4 aromatic rings. The highest BCUT2D eigenvalue weighted by Gasteiger charge is 2.21. The van der Waals surface area contributed by atoms with Gasteiger partial charge in [-0.15, -0.1) is 11.6 Å². The monoisotopic (exact) mass is 653 g/mol. The van der Waals surface area contributed by atoms with Crippen LogP contribution in [0.25, 0.3) is 11.4 Å². The number of benzene rings is 2. The zero-order valence-electron chi connectivity index (χ0n) is 23.8. The minimum Gasteiger partial charge on any atom is -0.465 e. The van der Waals surface area contributed by atoms with Crippen LogP contribution in [0.3, 0.4) is 0 Å². The molecule has 0 aliphatic rings. The maximum atomic E-state index is 14.3. The first kappa shape index (κ1) is 33.7. The second kappa shape index (κ2) is 14.1. The Balaban J connectivity index is 0.000000248. The van der Waals surface area contributed by atoms with Crippen LogP contribution in [0.2, 0.25) is 10.0 Å². The molecular weight excluding hydrogens is 627 g/mol. The van der Waals surface area contributed by atoms with E-state index in [2.05, 4.69) is 10.2 Å². The molecule has 0 spiro atoms. The van der Waals surface area contributed by atoms with Gasteiger partial charge in [0, 0.05) is 22.6 Å². The fraction of sp³-hybridized carbons (Fsp3) is 0.276. The molecule has 2 aromatic heterocycles. The maximum Gasteiger partial charge on any atom is 0.324 e. The van der Waals surface area contributed by atoms with Crippen molar-refractivity contribution >= 4 is 46.5 Å². The highest BCUT2D eigenvalue weighted by atomic mass is 35.5. The lowest BCUT2D eigenvalue weighted by molar-refractivity contribution is -0.142. The van der Waals surface area contributed by atoms with Crippen molar-refractivity contribution in [2.45, 2.75) is 46.4 Å². The van der Waals surface area contributed by atoms with Gasteiger partial charge in [-0.3, -0.25) is 14.4 Å². The Morgan fingerprint density at radius 2 is 1.35 bits per heavy atom. The molecule has 2 aromatic carbocycles. The van der Waals surface area contributed by atoms with E-state index in [-0.39, 0.29) is 45.7 Å². The second-order valence-corrected chi connectivity index (χ2v) is 10.8. The van der Waals surface area contributed by atoms with Gasteiger partial charge < -0.3 is 10.5 Å². The Labute approximate surface area is 260 Å². The quantitative estimate of drug-likeness (QED) is 0.164. The number of halogens is 5. The van der Waals surface area contributed by atoms with Crippen molar-refractivity contribution in [2.24, 2.45) is 0 Å². The number of nitrogen functional groups attached to an aromatic ring is 1. The Morgan fingerprint density at radius 3 is 1.84 bits per heavy atom. The van der Waals surface area contributed by atoms with Crippen LogP contribution < -0.4 is 16.9 Å². The van der Waals surface area contributed by atoms with Gasteiger partial charge in [-0.2, -0.15) is 19.6 Å². The lowest BCUT2D eigenvalue weighted by atomic mass is 10.1. The largest absolute Gasteiger partial charge is 0.465 e. The molecular formula is C29H28Cl3F2N5O4. The van der Waals surface area contributed by atoms with Gasteiger partial charge in [-0.1, -0.05) is 23.2 Å². The first-order chi connectivity index (χ1) is 20.2. The second-order valence-electron chi connectivity index (χ2n) is 9.48. The lowest BCUT2D eigenvalue weighted by Crippen LogP contribution is -2.25. The molecule has 0 radical (unpaired) electrons. The number of nitrogens with zero attached hydrogens (tertiary/aromatic N) is 4. The van der Waals surface area contributed by atoms with Crippen LogP contribution in [0.5, 0.6) is 0 Å². The standard InChI is InChI=1S/C17H17Cl2FN2O3.C12H11ClFN3O/c1-4-25-17(24)13(19)5-11-6-15(14(20)7-12(11)18)22-16(23)10(3)9(2)8-21-22;1-6-5-16-17(12(18)7(6)2)11-4-10(15)8(13)3-9(11)14/h6-8,13H,4-5H2,1-3H3;3-5H,15H2,1-2H3. The van der Waals surface area contributed by atoms with Gasteiger partial charge >= 0.3 is 5.97 Å². The van der Waals surface area contributed by atoms with Gasteiger partial charge in [0.05, 0.1) is 29.7 Å². The number of hydrogen-bond acceptors (Lipinski definition) is 7. The van der Waals surface area contributed by atoms with Crippen LogP contribution in [0.4, 0.5) is 14.5 Å². The number of hydrogen-bond donors (Lipinski definition) is 1. The van der Waals surface area contributed by atoms with E-state index >= 15 is 0 Å². The third kappa shape index (κ3) is 7.59. The fourth-order valence-corrected chi connectivity index (χ4v) is 4.32. The topological polar surface area (TPSA) is 122 Å². The molecule has 0 saturated heterocycles. The van der Waals surface area contributed by atoms with E-state index in [4.69, 9.17) is 45.3 Å². The van der Waals surface area contributed by atoms with Crippen LogP contribution >= 0.6 is 34.8 Å². The van der Waals surface area contributed by atoms with Crippen molar-refractivity contribution < 1.29 is 18.3 Å². The molecule has 0 amide bonds. The summed E-state index contributed by atoms with van der Waals surface area (Å²) in [5, 5.41) is 7.12. The van der Waals surface area contributed by atoms with Crippen molar-refractivity contribution in [3.8, 4) is 11.4 Å². The summed E-state index contributed by atoms with van der Waals surface area (Å²) in [6.45, 7) is 8.68. The number of nitrogens with two attached hydrogens (primary N) is 1. The molecule has 0 saturated carbocycles. The maximum absolute atomic E-state index is 14.3. The number of carbonyl (C=O) groups excluding carboxylic acids is 1. The average Bonchev–Trinajstić information content (AvgIpc) is 2.95. The molecule has 9 nitrogen and oxygen atoms in total. The molecule has 14 heteroatoms. The normalized spacial score (nSPS) is 11.5. The minimum absolute atomic E-state index is 0.00926. The first-order valence-electron chi connectivity index (χ1n) is 12.8. The molecule has 228 valence electrons. The summed E-state index contributed by atoms with van der Waals surface area (Å²) in [7, 11) is 0. The Morgan fingerprint density at radius 1 is 0.884 bits per heavy atom. The number of ether oxygens (including phenoxy) is 1. The van der Waals surface area contributed by atoms with Crippen LogP contribution in [0.1, 0.15) is 34.7 Å². The van der Waals surface area contributed by atoms with Gasteiger partial charge in [0.2, 0.25) is 0 Å². The van der Waals surface area contributed by atoms with E-state index in [1.165, 1.54) is 24.5 Å². The summed E-state index contributed by atoms with van der Waals surface area (Å²) < 4.78 is 34.9. The molecule has 1 unspecified atom stereocenters. The summed E-state index contributed by atoms with van der Waals surface area (Å²) in [6.07, 6.45) is 3.01. The number of esters is 1. The zero-order valence-corrected chi connectivity index (χ0v) is 26.1. The molecule has 0 fully saturated rings. The molecule has 0 aliphatic heterocycles. The minimum atomic E-state index is -0.972. The summed E-state index contributed by atoms with van der Waals surface area (Å²) >= 11 is 17.8. The van der Waals surface area contributed by atoms with Gasteiger partial charge in [-0.25, -0.2) is 8.78 Å². The summed E-state index contributed by atoms with van der Waals surface area (Å²) in [5.41, 5.74) is 7.77. The molecule has 0 bridgehead atoms. The van der Waals surface area contributed by atoms with Gasteiger partial charge in [0.1, 0.15) is 16.8 Å². The Kier molecular flexibility index (Phi) is 11.1. The van der Waals surface area contributed by atoms with Crippen LogP contribution in [0.15, 0.2) is 46.2 Å². The Bertz CT molecular complexity index is 1810. The first-order valence-corrected chi connectivity index (χ1v) is 14.0. The van der Waals surface area contributed by atoms with Crippen molar-refractivity contribution in [3.63, 3.8) is 0 Å². The van der Waals surface area contributed by atoms with E-state index in [1.54, 1.807) is 34.6 Å². The number of aromatic nitrogens is 4. The van der Waals surface area contributed by atoms with E-state index in [0.717, 1.165) is 27.1 Å². The number of carbonyl (C=O) groups is 1. The summed E-state index contributed by atoms with van der Waals surface area (Å²) in [4.78, 5) is 36.0. The molecule has 2 N–H and O–H groups in total. The predicted octanol–water partition coefficient (Wildman–Crippen LogP) is 5.58. The van der Waals surface area contributed by atoms with Crippen LogP contribution in [-0.4, -0.2) is 37.5 Å². The van der Waals surface area contributed by atoms with Crippen molar-refractivity contribution in [2.75, 3.05) is 12.3 Å². The van der Waals surface area contributed by atoms with E-state index < -0.39 is 28.5 Å². The average molecular weight is 655 g/mol. The van der Waals surface area contributed by atoms with Crippen molar-refractivity contribution in [1.82, 2.24) is 19.6 Å². The number of alkyl halides is 1. The van der Waals surface area contributed by atoms with Crippen LogP contribution in [-0.2, 0) is 16.0 Å². The summed E-state index contributed by atoms with van der Waals surface area (Å²) in [6, 6.07) is 4.80. The van der Waals surface area contributed by atoms with E-state index in [1.807, 2.05) is 0 Å². The van der Waals surface area contributed by atoms with Gasteiger partial charge in [0.25, 0.3) is 11.1 Å². The summed E-state index contributed by atoms with van der Waals surface area (Å²) in [5.74, 6) is -1.94. The molecule has 2 heterocycles. The lowest BCUT2D eigenvalue weighted by Gasteiger charge is -2.13. The molecule has 4 rings (SSSR count). The third-order valence-corrected chi connectivity index (χ3v) is 7.53. The van der Waals surface area contributed by atoms with Gasteiger partial charge in [0.15, 0.2) is 11.6 Å². The smallest absolute Gasteiger partial charge is 0.324 e. The molecule has 43 heavy (non-hydrogen) atoms. The van der Waals surface area contributed by atoms with E-state index in [0.29, 0.717) is 22.3 Å². The van der Waals surface area contributed by atoms with Gasteiger partial charge in [-0.05, 0) is 75.6 Å². The number of rotatable bonds is 6.